The topological polar surface area (TPSA) is 49.8 Å². The van der Waals surface area contributed by atoms with Crippen LogP contribution in [0.5, 0.6) is 0 Å². The SMILES string of the molecule is CCCc1c(NCC)ncnc1Nc1ccc(F)cc1F. The summed E-state index contributed by atoms with van der Waals surface area (Å²) in [5.74, 6) is 0.0107. The summed E-state index contributed by atoms with van der Waals surface area (Å²) in [4.78, 5) is 8.39. The molecule has 0 amide bonds. The molecule has 0 unspecified atom stereocenters. The molecule has 0 radical (unpaired) electrons. The van der Waals surface area contributed by atoms with Gasteiger partial charge in [0.25, 0.3) is 0 Å². The van der Waals surface area contributed by atoms with Gasteiger partial charge in [0.05, 0.1) is 5.69 Å². The van der Waals surface area contributed by atoms with Crippen LogP contribution in [0.25, 0.3) is 0 Å². The molecule has 0 aliphatic carbocycles. The summed E-state index contributed by atoms with van der Waals surface area (Å²) in [7, 11) is 0. The number of rotatable bonds is 6. The zero-order valence-electron chi connectivity index (χ0n) is 12.1. The first-order chi connectivity index (χ1) is 10.2. The average Bonchev–Trinajstić information content (AvgIpc) is 2.45. The number of benzene rings is 1. The molecule has 1 heterocycles. The second-order valence-electron chi connectivity index (χ2n) is 4.58. The van der Waals surface area contributed by atoms with Crippen LogP contribution in [0, 0.1) is 11.6 Å². The second kappa shape index (κ2) is 6.97. The number of nitrogens with one attached hydrogen (secondary N) is 2. The summed E-state index contributed by atoms with van der Waals surface area (Å²) in [6, 6.07) is 3.40. The van der Waals surface area contributed by atoms with Crippen molar-refractivity contribution in [1.82, 2.24) is 9.97 Å². The molecule has 2 N–H and O–H groups in total. The van der Waals surface area contributed by atoms with Crippen molar-refractivity contribution in [2.75, 3.05) is 17.2 Å². The molecule has 0 fully saturated rings. The zero-order valence-corrected chi connectivity index (χ0v) is 12.1. The molecule has 1 aromatic carbocycles. The predicted molar refractivity (Wildman–Crippen MR) is 79.8 cm³/mol. The summed E-state index contributed by atoms with van der Waals surface area (Å²) >= 11 is 0. The second-order valence-corrected chi connectivity index (χ2v) is 4.58. The highest BCUT2D eigenvalue weighted by molar-refractivity contribution is 5.65. The van der Waals surface area contributed by atoms with Gasteiger partial charge < -0.3 is 10.6 Å². The Morgan fingerprint density at radius 3 is 2.52 bits per heavy atom. The van der Waals surface area contributed by atoms with Crippen LogP contribution in [0.1, 0.15) is 25.8 Å². The van der Waals surface area contributed by atoms with Crippen molar-refractivity contribution >= 4 is 17.3 Å². The highest BCUT2D eigenvalue weighted by atomic mass is 19.1. The van der Waals surface area contributed by atoms with Crippen molar-refractivity contribution in [3.8, 4) is 0 Å². The summed E-state index contributed by atoms with van der Waals surface area (Å²) in [5, 5.41) is 6.08. The van der Waals surface area contributed by atoms with Gasteiger partial charge in [0.1, 0.15) is 29.6 Å². The minimum Gasteiger partial charge on any atom is -0.370 e. The number of hydrogen-bond acceptors (Lipinski definition) is 4. The first-order valence-corrected chi connectivity index (χ1v) is 6.95. The van der Waals surface area contributed by atoms with Crippen LogP contribution in [0.2, 0.25) is 0 Å². The van der Waals surface area contributed by atoms with Crippen LogP contribution in [-0.4, -0.2) is 16.5 Å². The van der Waals surface area contributed by atoms with Gasteiger partial charge in [-0.3, -0.25) is 0 Å². The molecule has 4 nitrogen and oxygen atoms in total. The van der Waals surface area contributed by atoms with Crippen LogP contribution in [0.3, 0.4) is 0 Å². The normalized spacial score (nSPS) is 10.5. The van der Waals surface area contributed by atoms with E-state index in [-0.39, 0.29) is 5.69 Å². The molecule has 0 saturated heterocycles. The van der Waals surface area contributed by atoms with Gasteiger partial charge in [0.15, 0.2) is 0 Å². The third kappa shape index (κ3) is 3.65. The molecule has 2 rings (SSSR count). The van der Waals surface area contributed by atoms with Gasteiger partial charge in [-0.15, -0.1) is 0 Å². The number of aromatic nitrogens is 2. The lowest BCUT2D eigenvalue weighted by atomic mass is 10.1. The quantitative estimate of drug-likeness (QED) is 0.848. The van der Waals surface area contributed by atoms with Gasteiger partial charge in [-0.2, -0.15) is 0 Å². The number of anilines is 3. The van der Waals surface area contributed by atoms with Crippen molar-refractivity contribution in [1.29, 1.82) is 0 Å². The van der Waals surface area contributed by atoms with Gasteiger partial charge in [-0.1, -0.05) is 13.3 Å². The number of hydrogen-bond donors (Lipinski definition) is 2. The van der Waals surface area contributed by atoms with Crippen LogP contribution in [0.4, 0.5) is 26.1 Å². The number of halogens is 2. The Bertz CT molecular complexity index is 617. The Kier molecular flexibility index (Phi) is 5.03. The number of nitrogens with zero attached hydrogens (tertiary/aromatic N) is 2. The zero-order chi connectivity index (χ0) is 15.2. The van der Waals surface area contributed by atoms with Crippen LogP contribution >= 0.6 is 0 Å². The highest BCUT2D eigenvalue weighted by Crippen LogP contribution is 2.26. The van der Waals surface area contributed by atoms with Crippen LogP contribution < -0.4 is 10.6 Å². The summed E-state index contributed by atoms with van der Waals surface area (Å²) in [6.45, 7) is 4.76. The van der Waals surface area contributed by atoms with E-state index in [2.05, 4.69) is 20.6 Å². The van der Waals surface area contributed by atoms with Gasteiger partial charge in [0.2, 0.25) is 0 Å². The van der Waals surface area contributed by atoms with Crippen LogP contribution in [0.15, 0.2) is 24.5 Å². The fourth-order valence-corrected chi connectivity index (χ4v) is 2.05. The standard InChI is InChI=1S/C15H18F2N4/c1-3-5-11-14(18-4-2)19-9-20-15(11)21-13-7-6-10(16)8-12(13)17/h6-9H,3-5H2,1-2H3,(H2,18,19,20,21). The lowest BCUT2D eigenvalue weighted by molar-refractivity contribution is 0.586. The third-order valence-electron chi connectivity index (χ3n) is 2.97. The van der Waals surface area contributed by atoms with Crippen molar-refractivity contribution in [3.63, 3.8) is 0 Å². The summed E-state index contributed by atoms with van der Waals surface area (Å²) < 4.78 is 26.7. The Balaban J connectivity index is 2.36. The van der Waals surface area contributed by atoms with E-state index in [4.69, 9.17) is 0 Å². The first kappa shape index (κ1) is 15.2. The monoisotopic (exact) mass is 292 g/mol. The third-order valence-corrected chi connectivity index (χ3v) is 2.97. The Labute approximate surface area is 122 Å². The van der Waals surface area contributed by atoms with Gasteiger partial charge in [0, 0.05) is 18.2 Å². The van der Waals surface area contributed by atoms with E-state index in [0.29, 0.717) is 5.82 Å². The lowest BCUT2D eigenvalue weighted by Gasteiger charge is -2.14. The maximum atomic E-state index is 13.7. The minimum atomic E-state index is -0.652. The van der Waals surface area contributed by atoms with Gasteiger partial charge >= 0.3 is 0 Å². The fraction of sp³-hybridized carbons (Fsp3) is 0.333. The fourth-order valence-electron chi connectivity index (χ4n) is 2.05. The Morgan fingerprint density at radius 1 is 1.10 bits per heavy atom. The van der Waals surface area contributed by atoms with E-state index in [1.54, 1.807) is 0 Å². The molecule has 2 aromatic rings. The summed E-state index contributed by atoms with van der Waals surface area (Å²) in [5.41, 5.74) is 1.08. The molecule has 0 saturated carbocycles. The predicted octanol–water partition coefficient (Wildman–Crippen LogP) is 3.88. The maximum absolute atomic E-state index is 13.7. The molecule has 21 heavy (non-hydrogen) atoms. The van der Waals surface area contributed by atoms with Crippen molar-refractivity contribution in [2.24, 2.45) is 0 Å². The van der Waals surface area contributed by atoms with E-state index in [1.165, 1.54) is 18.5 Å². The molecular weight excluding hydrogens is 274 g/mol. The smallest absolute Gasteiger partial charge is 0.149 e. The molecule has 1 aromatic heterocycles. The molecule has 112 valence electrons. The maximum Gasteiger partial charge on any atom is 0.149 e. The molecule has 0 aliphatic rings. The van der Waals surface area contributed by atoms with Crippen molar-refractivity contribution in [2.45, 2.75) is 26.7 Å². The molecule has 0 bridgehead atoms. The van der Waals surface area contributed by atoms with Crippen molar-refractivity contribution in [3.05, 3.63) is 41.7 Å². The van der Waals surface area contributed by atoms with E-state index in [0.717, 1.165) is 36.8 Å². The molecule has 0 spiro atoms. The Hall–Kier alpha value is -2.24. The lowest BCUT2D eigenvalue weighted by Crippen LogP contribution is -2.08. The highest BCUT2D eigenvalue weighted by Gasteiger charge is 2.12. The molecule has 6 heteroatoms. The summed E-state index contributed by atoms with van der Waals surface area (Å²) in [6.07, 6.45) is 3.08. The molecular formula is C15H18F2N4. The van der Waals surface area contributed by atoms with E-state index in [1.807, 2.05) is 13.8 Å². The average molecular weight is 292 g/mol. The Morgan fingerprint density at radius 2 is 1.86 bits per heavy atom. The van der Waals surface area contributed by atoms with Crippen molar-refractivity contribution < 1.29 is 8.78 Å². The minimum absolute atomic E-state index is 0.190. The van der Waals surface area contributed by atoms with Crippen LogP contribution in [-0.2, 0) is 6.42 Å². The molecule has 0 aliphatic heterocycles. The van der Waals surface area contributed by atoms with E-state index >= 15 is 0 Å². The molecule has 0 atom stereocenters. The van der Waals surface area contributed by atoms with Gasteiger partial charge in [-0.05, 0) is 25.5 Å². The van der Waals surface area contributed by atoms with E-state index in [9.17, 15) is 8.78 Å². The largest absolute Gasteiger partial charge is 0.370 e. The van der Waals surface area contributed by atoms with E-state index < -0.39 is 11.6 Å². The van der Waals surface area contributed by atoms with Gasteiger partial charge in [-0.25, -0.2) is 18.7 Å². The first-order valence-electron chi connectivity index (χ1n) is 6.95.